The quantitative estimate of drug-likeness (QED) is 0.600. The summed E-state index contributed by atoms with van der Waals surface area (Å²) in [4.78, 5) is 14.0. The van der Waals surface area contributed by atoms with E-state index in [2.05, 4.69) is 20.5 Å². The number of benzene rings is 1. The number of H-pyrrole nitrogens is 1. The highest BCUT2D eigenvalue weighted by atomic mass is 16.6. The molecule has 1 heterocycles. The fourth-order valence-electron chi connectivity index (χ4n) is 1.38. The molecule has 0 aliphatic carbocycles. The lowest BCUT2D eigenvalue weighted by molar-refractivity contribution is -0.384. The van der Waals surface area contributed by atoms with Gasteiger partial charge in [-0.15, -0.1) is 0 Å². The third-order valence-electron chi connectivity index (χ3n) is 2.23. The summed E-state index contributed by atoms with van der Waals surface area (Å²) in [5.74, 6) is 0.805. The molecule has 0 radical (unpaired) electrons. The van der Waals surface area contributed by atoms with Crippen LogP contribution in [0, 0.1) is 10.1 Å². The van der Waals surface area contributed by atoms with Crippen molar-refractivity contribution in [2.75, 3.05) is 11.9 Å². The van der Waals surface area contributed by atoms with Crippen molar-refractivity contribution in [1.82, 2.24) is 15.2 Å². The van der Waals surface area contributed by atoms with Crippen LogP contribution in [0.1, 0.15) is 5.82 Å². The summed E-state index contributed by atoms with van der Waals surface area (Å²) in [6.45, 7) is 0.688. The molecule has 7 nitrogen and oxygen atoms in total. The number of nitro groups is 1. The standard InChI is InChI=1S/C10H11N5O2/c16-15(17)9-3-1-8(2-4-9)11-6-5-10-12-7-13-14-10/h1-4,7,11H,5-6H2,(H,12,13,14). The van der Waals surface area contributed by atoms with Crippen LogP contribution in [0.25, 0.3) is 0 Å². The minimum Gasteiger partial charge on any atom is -0.385 e. The molecule has 17 heavy (non-hydrogen) atoms. The number of non-ortho nitro benzene ring substituents is 1. The van der Waals surface area contributed by atoms with E-state index < -0.39 is 4.92 Å². The lowest BCUT2D eigenvalue weighted by Gasteiger charge is -2.04. The molecule has 0 saturated heterocycles. The molecule has 0 atom stereocenters. The molecule has 0 aliphatic heterocycles. The molecule has 0 amide bonds. The van der Waals surface area contributed by atoms with Gasteiger partial charge < -0.3 is 5.32 Å². The van der Waals surface area contributed by atoms with Crippen molar-refractivity contribution in [2.45, 2.75) is 6.42 Å². The molecule has 0 spiro atoms. The van der Waals surface area contributed by atoms with Gasteiger partial charge in [-0.3, -0.25) is 15.2 Å². The van der Waals surface area contributed by atoms with Crippen LogP contribution in [0.2, 0.25) is 0 Å². The predicted molar refractivity (Wildman–Crippen MR) is 61.7 cm³/mol. The van der Waals surface area contributed by atoms with Crippen molar-refractivity contribution >= 4 is 11.4 Å². The van der Waals surface area contributed by atoms with E-state index in [0.717, 1.165) is 17.9 Å². The lowest BCUT2D eigenvalue weighted by atomic mass is 10.3. The van der Waals surface area contributed by atoms with Gasteiger partial charge in [0.15, 0.2) is 0 Å². The summed E-state index contributed by atoms with van der Waals surface area (Å²) in [6, 6.07) is 6.30. The number of nitrogens with one attached hydrogen (secondary N) is 2. The van der Waals surface area contributed by atoms with E-state index in [4.69, 9.17) is 0 Å². The Labute approximate surface area is 97.0 Å². The first-order valence-corrected chi connectivity index (χ1v) is 5.08. The third kappa shape index (κ3) is 3.00. The van der Waals surface area contributed by atoms with Gasteiger partial charge in [-0.05, 0) is 12.1 Å². The number of hydrogen-bond acceptors (Lipinski definition) is 5. The maximum absolute atomic E-state index is 10.4. The first-order valence-electron chi connectivity index (χ1n) is 5.08. The SMILES string of the molecule is O=[N+]([O-])c1ccc(NCCc2ncn[nH]2)cc1. The van der Waals surface area contributed by atoms with E-state index in [1.807, 2.05) is 0 Å². The number of anilines is 1. The van der Waals surface area contributed by atoms with Gasteiger partial charge in [-0.25, -0.2) is 4.98 Å². The van der Waals surface area contributed by atoms with E-state index in [1.54, 1.807) is 12.1 Å². The second-order valence-corrected chi connectivity index (χ2v) is 3.41. The fourth-order valence-corrected chi connectivity index (χ4v) is 1.38. The van der Waals surface area contributed by atoms with Crippen LogP contribution >= 0.6 is 0 Å². The smallest absolute Gasteiger partial charge is 0.269 e. The molecule has 1 aromatic heterocycles. The van der Waals surface area contributed by atoms with E-state index in [9.17, 15) is 10.1 Å². The monoisotopic (exact) mass is 233 g/mol. The van der Waals surface area contributed by atoms with E-state index in [0.29, 0.717) is 6.54 Å². The van der Waals surface area contributed by atoms with Gasteiger partial charge in [-0.2, -0.15) is 5.10 Å². The highest BCUT2D eigenvalue weighted by molar-refractivity contribution is 5.48. The highest BCUT2D eigenvalue weighted by Crippen LogP contribution is 2.15. The Kier molecular flexibility index (Phi) is 3.29. The Morgan fingerprint density at radius 1 is 1.35 bits per heavy atom. The highest BCUT2D eigenvalue weighted by Gasteiger charge is 2.03. The average molecular weight is 233 g/mol. The summed E-state index contributed by atoms with van der Waals surface area (Å²) in [6.07, 6.45) is 2.18. The largest absolute Gasteiger partial charge is 0.385 e. The number of aromatic nitrogens is 3. The predicted octanol–water partition coefficient (Wildman–Crippen LogP) is 1.37. The van der Waals surface area contributed by atoms with Gasteiger partial charge in [0.25, 0.3) is 5.69 Å². The summed E-state index contributed by atoms with van der Waals surface area (Å²) < 4.78 is 0. The minimum absolute atomic E-state index is 0.0887. The Morgan fingerprint density at radius 3 is 2.71 bits per heavy atom. The number of aromatic amines is 1. The maximum Gasteiger partial charge on any atom is 0.269 e. The van der Waals surface area contributed by atoms with Crippen molar-refractivity contribution in [3.8, 4) is 0 Å². The first kappa shape index (κ1) is 11.1. The maximum atomic E-state index is 10.4. The van der Waals surface area contributed by atoms with Gasteiger partial charge in [0.2, 0.25) is 0 Å². The zero-order valence-corrected chi connectivity index (χ0v) is 8.96. The van der Waals surface area contributed by atoms with E-state index >= 15 is 0 Å². The van der Waals surface area contributed by atoms with Gasteiger partial charge in [-0.1, -0.05) is 0 Å². The van der Waals surface area contributed by atoms with Crippen molar-refractivity contribution in [2.24, 2.45) is 0 Å². The van der Waals surface area contributed by atoms with E-state index in [1.165, 1.54) is 18.5 Å². The zero-order valence-electron chi connectivity index (χ0n) is 8.96. The second-order valence-electron chi connectivity index (χ2n) is 3.41. The molecular formula is C10H11N5O2. The lowest BCUT2D eigenvalue weighted by Crippen LogP contribution is -2.05. The molecule has 88 valence electrons. The van der Waals surface area contributed by atoms with Crippen LogP contribution in [0.15, 0.2) is 30.6 Å². The summed E-state index contributed by atoms with van der Waals surface area (Å²) in [5.41, 5.74) is 0.931. The van der Waals surface area contributed by atoms with Crippen molar-refractivity contribution in [3.63, 3.8) is 0 Å². The Bertz CT molecular complexity index is 480. The van der Waals surface area contributed by atoms with Gasteiger partial charge in [0.05, 0.1) is 4.92 Å². The molecule has 0 unspecified atom stereocenters. The van der Waals surface area contributed by atoms with Crippen molar-refractivity contribution in [3.05, 3.63) is 46.5 Å². The van der Waals surface area contributed by atoms with Crippen molar-refractivity contribution < 1.29 is 4.92 Å². The molecule has 1 aromatic carbocycles. The van der Waals surface area contributed by atoms with Crippen LogP contribution in [-0.2, 0) is 6.42 Å². The van der Waals surface area contributed by atoms with Gasteiger partial charge in [0.1, 0.15) is 12.2 Å². The second kappa shape index (κ2) is 5.06. The number of rotatable bonds is 5. The van der Waals surface area contributed by atoms with E-state index in [-0.39, 0.29) is 5.69 Å². The van der Waals surface area contributed by atoms with Crippen LogP contribution in [-0.4, -0.2) is 26.6 Å². The molecule has 0 aliphatic rings. The Hall–Kier alpha value is -2.44. The van der Waals surface area contributed by atoms with Crippen LogP contribution in [0.5, 0.6) is 0 Å². The number of nitrogens with zero attached hydrogens (tertiary/aromatic N) is 3. The fraction of sp³-hybridized carbons (Fsp3) is 0.200. The molecule has 7 heteroatoms. The molecule has 2 rings (SSSR count). The Morgan fingerprint density at radius 2 is 2.12 bits per heavy atom. The van der Waals surface area contributed by atoms with Gasteiger partial charge in [0, 0.05) is 30.8 Å². The summed E-state index contributed by atoms with van der Waals surface area (Å²) in [5, 5.41) is 20.1. The first-order chi connectivity index (χ1) is 8.25. The van der Waals surface area contributed by atoms with Crippen molar-refractivity contribution in [1.29, 1.82) is 0 Å². The number of nitro benzene ring substituents is 1. The molecule has 0 bridgehead atoms. The van der Waals surface area contributed by atoms with Gasteiger partial charge >= 0.3 is 0 Å². The molecule has 2 N–H and O–H groups in total. The summed E-state index contributed by atoms with van der Waals surface area (Å²) >= 11 is 0. The number of hydrogen-bond donors (Lipinski definition) is 2. The Balaban J connectivity index is 1.85. The third-order valence-corrected chi connectivity index (χ3v) is 2.23. The molecule has 0 saturated carbocycles. The molecule has 2 aromatic rings. The average Bonchev–Trinajstić information content (AvgIpc) is 2.83. The van der Waals surface area contributed by atoms with Crippen LogP contribution in [0.3, 0.4) is 0 Å². The van der Waals surface area contributed by atoms with Crippen LogP contribution in [0.4, 0.5) is 11.4 Å². The zero-order chi connectivity index (χ0) is 12.1. The normalized spacial score (nSPS) is 10.1. The minimum atomic E-state index is -0.418. The summed E-state index contributed by atoms with van der Waals surface area (Å²) in [7, 11) is 0. The molecule has 0 fully saturated rings. The topological polar surface area (TPSA) is 96.7 Å². The van der Waals surface area contributed by atoms with Crippen LogP contribution < -0.4 is 5.32 Å². The molecular weight excluding hydrogens is 222 g/mol.